The monoisotopic (exact) mass is 356 g/mol. The summed E-state index contributed by atoms with van der Waals surface area (Å²) in [4.78, 5) is 11.2. The minimum Gasteiger partial charge on any atom is -0.422 e. The van der Waals surface area contributed by atoms with Gasteiger partial charge in [-0.1, -0.05) is 12.7 Å². The van der Waals surface area contributed by atoms with E-state index in [-0.39, 0.29) is 11.0 Å². The highest BCUT2D eigenvalue weighted by atomic mass is 32.2. The van der Waals surface area contributed by atoms with Crippen LogP contribution in [0.4, 0.5) is 13.2 Å². The van der Waals surface area contributed by atoms with Gasteiger partial charge in [0.2, 0.25) is 0 Å². The lowest BCUT2D eigenvalue weighted by Crippen LogP contribution is -2.28. The number of hydrogen-bond acceptors (Lipinski definition) is 5. The van der Waals surface area contributed by atoms with E-state index in [2.05, 4.69) is 13.4 Å². The van der Waals surface area contributed by atoms with Crippen LogP contribution in [-0.2, 0) is 10.1 Å². The van der Waals surface area contributed by atoms with E-state index in [0.29, 0.717) is 11.6 Å². The molecule has 0 amide bonds. The minimum atomic E-state index is -5.85. The molecule has 1 unspecified atom stereocenters. The Kier molecular flexibility index (Phi) is 5.59. The van der Waals surface area contributed by atoms with Crippen molar-refractivity contribution in [2.24, 2.45) is 0 Å². The lowest BCUT2D eigenvalue weighted by atomic mass is 10.1. The van der Waals surface area contributed by atoms with Gasteiger partial charge < -0.3 is 8.60 Å². The Hall–Kier alpha value is -1.60. The van der Waals surface area contributed by atoms with E-state index in [9.17, 15) is 26.4 Å². The summed E-state index contributed by atoms with van der Waals surface area (Å²) in [6.07, 6.45) is 0. The van der Waals surface area contributed by atoms with Crippen molar-refractivity contribution in [3.8, 4) is 5.75 Å². The highest BCUT2D eigenvalue weighted by Gasteiger charge is 2.48. The molecule has 1 atom stereocenters. The molecule has 122 valence electrons. The average molecular weight is 356 g/mol. The first-order chi connectivity index (χ1) is 10.1. The van der Waals surface area contributed by atoms with Crippen LogP contribution in [0.25, 0.3) is 11.0 Å². The first kappa shape index (κ1) is 18.4. The lowest BCUT2D eigenvalue weighted by Gasteiger charge is -2.10. The lowest BCUT2D eigenvalue weighted by molar-refractivity contribution is -0.0499. The fourth-order valence-electron chi connectivity index (χ4n) is 1.47. The van der Waals surface area contributed by atoms with Gasteiger partial charge >= 0.3 is 21.3 Å². The SMILES string of the molecule is CP.Cc1ccc2c(OS(=O)(=O)C(F)(F)F)cc(=O)oc2c1. The predicted molar refractivity (Wildman–Crippen MR) is 78.5 cm³/mol. The number of aryl methyl sites for hydroxylation is 1. The van der Waals surface area contributed by atoms with Crippen molar-refractivity contribution in [3.05, 3.63) is 40.2 Å². The molecule has 0 radical (unpaired) electrons. The molecule has 10 heteroatoms. The number of fused-ring (bicyclic) bond motifs is 1. The third-order valence-electron chi connectivity index (χ3n) is 2.35. The van der Waals surface area contributed by atoms with E-state index in [0.717, 1.165) is 0 Å². The van der Waals surface area contributed by atoms with Crippen molar-refractivity contribution >= 4 is 30.3 Å². The smallest absolute Gasteiger partial charge is 0.422 e. The molecule has 1 heterocycles. The molecule has 2 aromatic rings. The maximum absolute atomic E-state index is 12.3. The Morgan fingerprint density at radius 3 is 2.32 bits per heavy atom. The highest BCUT2D eigenvalue weighted by Crippen LogP contribution is 2.30. The summed E-state index contributed by atoms with van der Waals surface area (Å²) < 4.78 is 67.5. The minimum absolute atomic E-state index is 0.0528. The van der Waals surface area contributed by atoms with Crippen molar-refractivity contribution < 1.29 is 30.2 Å². The van der Waals surface area contributed by atoms with Crippen LogP contribution in [0.3, 0.4) is 0 Å². The van der Waals surface area contributed by atoms with Gasteiger partial charge in [0, 0.05) is 0 Å². The third kappa shape index (κ3) is 3.98. The fourth-order valence-corrected chi connectivity index (χ4v) is 1.94. The second-order valence-corrected chi connectivity index (χ2v) is 5.45. The van der Waals surface area contributed by atoms with Crippen LogP contribution >= 0.6 is 9.24 Å². The first-order valence-electron chi connectivity index (χ1n) is 5.73. The maximum Gasteiger partial charge on any atom is 0.534 e. The second kappa shape index (κ2) is 6.66. The van der Waals surface area contributed by atoms with E-state index in [1.54, 1.807) is 6.92 Å². The van der Waals surface area contributed by atoms with Gasteiger partial charge in [-0.05, 0) is 24.6 Å². The van der Waals surface area contributed by atoms with Gasteiger partial charge in [-0.3, -0.25) is 0 Å². The van der Waals surface area contributed by atoms with Gasteiger partial charge in [-0.25, -0.2) is 4.79 Å². The summed E-state index contributed by atoms with van der Waals surface area (Å²) in [5, 5.41) is -0.0528. The maximum atomic E-state index is 12.3. The Morgan fingerprint density at radius 2 is 1.77 bits per heavy atom. The van der Waals surface area contributed by atoms with Gasteiger partial charge in [0.1, 0.15) is 5.58 Å². The quantitative estimate of drug-likeness (QED) is 0.358. The zero-order valence-corrected chi connectivity index (χ0v) is 13.4. The number of halogens is 3. The van der Waals surface area contributed by atoms with E-state index in [1.807, 2.05) is 6.66 Å². The van der Waals surface area contributed by atoms with Crippen LogP contribution in [0.15, 0.2) is 33.5 Å². The van der Waals surface area contributed by atoms with Gasteiger partial charge in [-0.15, -0.1) is 9.24 Å². The Labute approximate surface area is 126 Å². The summed E-state index contributed by atoms with van der Waals surface area (Å²) in [5.41, 5.74) is -5.99. The van der Waals surface area contributed by atoms with Crippen LogP contribution in [0, 0.1) is 6.92 Å². The van der Waals surface area contributed by atoms with Crippen LogP contribution in [-0.4, -0.2) is 20.6 Å². The third-order valence-corrected chi connectivity index (χ3v) is 3.31. The molecule has 0 aliphatic rings. The molecule has 0 aliphatic carbocycles. The van der Waals surface area contributed by atoms with E-state index >= 15 is 0 Å². The summed E-state index contributed by atoms with van der Waals surface area (Å²) in [5.74, 6) is -0.728. The van der Waals surface area contributed by atoms with Gasteiger partial charge in [0.05, 0.1) is 11.5 Å². The molecule has 0 saturated heterocycles. The summed E-state index contributed by atoms with van der Waals surface area (Å²) in [6.45, 7) is 3.58. The molecule has 0 aliphatic heterocycles. The van der Waals surface area contributed by atoms with E-state index in [4.69, 9.17) is 4.42 Å². The van der Waals surface area contributed by atoms with Crippen LogP contribution in [0.5, 0.6) is 5.75 Å². The molecule has 0 fully saturated rings. The van der Waals surface area contributed by atoms with E-state index in [1.165, 1.54) is 18.2 Å². The average Bonchev–Trinajstić information content (AvgIpc) is 2.38. The summed E-state index contributed by atoms with van der Waals surface area (Å²) in [7, 11) is -3.43. The summed E-state index contributed by atoms with van der Waals surface area (Å²) >= 11 is 0. The molecule has 1 aromatic heterocycles. The van der Waals surface area contributed by atoms with Gasteiger partial charge in [0.25, 0.3) is 0 Å². The van der Waals surface area contributed by atoms with Crippen molar-refractivity contribution in [3.63, 3.8) is 0 Å². The molecule has 0 bridgehead atoms. The Balaban J connectivity index is 0.00000116. The molecule has 0 N–H and O–H groups in total. The molecule has 5 nitrogen and oxygen atoms in total. The Bertz CT molecular complexity index is 827. The zero-order chi connectivity index (χ0) is 17.1. The predicted octanol–water partition coefficient (Wildman–Crippen LogP) is 2.82. The van der Waals surface area contributed by atoms with Crippen molar-refractivity contribution in [1.82, 2.24) is 0 Å². The van der Waals surface area contributed by atoms with Crippen LogP contribution in [0.2, 0.25) is 0 Å². The highest BCUT2D eigenvalue weighted by molar-refractivity contribution is 7.88. The van der Waals surface area contributed by atoms with Crippen molar-refractivity contribution in [2.45, 2.75) is 12.4 Å². The van der Waals surface area contributed by atoms with Crippen LogP contribution in [0.1, 0.15) is 5.56 Å². The molecule has 22 heavy (non-hydrogen) atoms. The Morgan fingerprint density at radius 1 is 1.18 bits per heavy atom. The second-order valence-electron chi connectivity index (χ2n) is 3.91. The fraction of sp³-hybridized carbons (Fsp3) is 0.250. The number of rotatable bonds is 2. The molecule has 0 spiro atoms. The summed E-state index contributed by atoms with van der Waals surface area (Å²) in [6, 6.07) is 4.73. The van der Waals surface area contributed by atoms with Crippen LogP contribution < -0.4 is 9.81 Å². The molecular weight excluding hydrogens is 344 g/mol. The zero-order valence-electron chi connectivity index (χ0n) is 11.5. The molecule has 1 aromatic carbocycles. The van der Waals surface area contributed by atoms with E-state index < -0.39 is 27.0 Å². The topological polar surface area (TPSA) is 73.6 Å². The molecule has 2 rings (SSSR count). The normalized spacial score (nSPS) is 11.7. The van der Waals surface area contributed by atoms with Gasteiger partial charge in [0.15, 0.2) is 5.75 Å². The standard InChI is InChI=1S/C11H7F3O5S.CH5P/c1-6-2-3-7-8(4-6)18-10(15)5-9(7)19-20(16,17)11(12,13)14;1-2/h2-5H,1H3;2H2,1H3. The van der Waals surface area contributed by atoms with Crippen molar-refractivity contribution in [1.29, 1.82) is 0 Å². The van der Waals surface area contributed by atoms with Crippen molar-refractivity contribution in [2.75, 3.05) is 6.66 Å². The number of hydrogen-bond donors (Lipinski definition) is 0. The number of benzene rings is 1. The number of alkyl halides is 3. The molecular formula is C12H12F3O5PS. The largest absolute Gasteiger partial charge is 0.534 e. The van der Waals surface area contributed by atoms with Gasteiger partial charge in [-0.2, -0.15) is 21.6 Å². The first-order valence-corrected chi connectivity index (χ1v) is 8.29. The molecule has 0 saturated carbocycles.